The zero-order valence-electron chi connectivity index (χ0n) is 13.7. The number of carbonyl (C=O) groups excluding carboxylic acids is 1. The van der Waals surface area contributed by atoms with E-state index in [1.165, 1.54) is 36.4 Å². The lowest BCUT2D eigenvalue weighted by Crippen LogP contribution is -2.43. The van der Waals surface area contributed by atoms with Crippen LogP contribution >= 0.6 is 0 Å². The molecule has 5 unspecified atom stereocenters. The number of fused-ring (bicyclic) bond motifs is 5. The van der Waals surface area contributed by atoms with Crippen molar-refractivity contribution < 1.29 is 4.79 Å². The third kappa shape index (κ3) is 2.50. The number of nitrogens with one attached hydrogen (secondary N) is 1. The maximum absolute atomic E-state index is 12.5. The Morgan fingerprint density at radius 2 is 2.09 bits per heavy atom. The maximum atomic E-state index is 12.5. The van der Waals surface area contributed by atoms with Crippen LogP contribution in [0.5, 0.6) is 0 Å². The normalized spacial score (nSPS) is 34.6. The first kappa shape index (κ1) is 14.9. The minimum atomic E-state index is -0.142. The molecule has 2 bridgehead atoms. The van der Waals surface area contributed by atoms with Crippen molar-refractivity contribution in [3.8, 4) is 0 Å². The third-order valence-corrected chi connectivity index (χ3v) is 6.28. The van der Waals surface area contributed by atoms with Gasteiger partial charge in [0.1, 0.15) is 5.69 Å². The quantitative estimate of drug-likeness (QED) is 0.926. The molecule has 1 aromatic rings. The van der Waals surface area contributed by atoms with E-state index in [9.17, 15) is 9.59 Å². The first-order valence-electron chi connectivity index (χ1n) is 9.06. The van der Waals surface area contributed by atoms with Crippen LogP contribution in [0.1, 0.15) is 55.9 Å². The van der Waals surface area contributed by atoms with E-state index in [1.807, 2.05) is 6.92 Å². The van der Waals surface area contributed by atoms with Gasteiger partial charge < -0.3 is 5.32 Å². The molecule has 5 atom stereocenters. The summed E-state index contributed by atoms with van der Waals surface area (Å²) in [5.41, 5.74) is 0.223. The van der Waals surface area contributed by atoms with Crippen LogP contribution in [0.3, 0.4) is 0 Å². The summed E-state index contributed by atoms with van der Waals surface area (Å²) in [4.78, 5) is 24.3. The van der Waals surface area contributed by atoms with E-state index in [0.29, 0.717) is 24.2 Å². The summed E-state index contributed by atoms with van der Waals surface area (Å²) in [5.74, 6) is 3.12. The summed E-state index contributed by atoms with van der Waals surface area (Å²) in [7, 11) is 0. The second-order valence-electron chi connectivity index (χ2n) is 7.51. The molecule has 124 valence electrons. The standard InChI is InChI=1S/C18H25N3O2/c1-2-8-21-17(22)7-6-15(20-21)18(23)19-16-10-11-9-14(16)13-5-3-4-12(11)13/h6-7,11-14,16H,2-5,8-10H2,1H3,(H,19,23). The number of aryl methyl sites for hydroxylation is 1. The molecule has 3 fully saturated rings. The molecule has 4 rings (SSSR count). The van der Waals surface area contributed by atoms with Crippen LogP contribution in [0.4, 0.5) is 0 Å². The molecule has 3 aliphatic carbocycles. The summed E-state index contributed by atoms with van der Waals surface area (Å²) in [5, 5.41) is 7.44. The largest absolute Gasteiger partial charge is 0.348 e. The minimum absolute atomic E-state index is 0.123. The first-order chi connectivity index (χ1) is 11.2. The highest BCUT2D eigenvalue weighted by atomic mass is 16.2. The third-order valence-electron chi connectivity index (χ3n) is 6.28. The smallest absolute Gasteiger partial charge is 0.271 e. The van der Waals surface area contributed by atoms with Crippen molar-refractivity contribution in [1.29, 1.82) is 0 Å². The molecular weight excluding hydrogens is 290 g/mol. The number of amides is 1. The van der Waals surface area contributed by atoms with Crippen LogP contribution < -0.4 is 10.9 Å². The minimum Gasteiger partial charge on any atom is -0.348 e. The first-order valence-corrected chi connectivity index (χ1v) is 9.06. The topological polar surface area (TPSA) is 64.0 Å². The van der Waals surface area contributed by atoms with Crippen molar-refractivity contribution in [3.63, 3.8) is 0 Å². The Morgan fingerprint density at radius 1 is 1.26 bits per heavy atom. The predicted octanol–water partition coefficient (Wildman–Crippen LogP) is 2.21. The van der Waals surface area contributed by atoms with Gasteiger partial charge in [0.05, 0.1) is 0 Å². The Kier molecular flexibility index (Phi) is 3.74. The zero-order valence-corrected chi connectivity index (χ0v) is 13.7. The molecule has 0 spiro atoms. The van der Waals surface area contributed by atoms with Crippen LogP contribution in [-0.2, 0) is 6.54 Å². The van der Waals surface area contributed by atoms with Crippen LogP contribution in [0, 0.1) is 23.7 Å². The maximum Gasteiger partial charge on any atom is 0.271 e. The highest BCUT2D eigenvalue weighted by Crippen LogP contribution is 2.58. The van der Waals surface area contributed by atoms with E-state index < -0.39 is 0 Å². The number of carbonyl (C=O) groups is 1. The van der Waals surface area contributed by atoms with E-state index in [2.05, 4.69) is 10.4 Å². The van der Waals surface area contributed by atoms with E-state index in [-0.39, 0.29) is 11.5 Å². The zero-order chi connectivity index (χ0) is 16.0. The van der Waals surface area contributed by atoms with Gasteiger partial charge in [0.15, 0.2) is 0 Å². The second kappa shape index (κ2) is 5.77. The Labute approximate surface area is 136 Å². The molecule has 0 aliphatic heterocycles. The van der Waals surface area contributed by atoms with Crippen molar-refractivity contribution in [1.82, 2.24) is 15.1 Å². The van der Waals surface area contributed by atoms with Crippen molar-refractivity contribution in [2.75, 3.05) is 0 Å². The van der Waals surface area contributed by atoms with E-state index in [1.54, 1.807) is 6.07 Å². The van der Waals surface area contributed by atoms with Crippen LogP contribution in [0.15, 0.2) is 16.9 Å². The average Bonchev–Trinajstić information content (AvgIpc) is 3.21. The Balaban J connectivity index is 1.47. The van der Waals surface area contributed by atoms with E-state index >= 15 is 0 Å². The van der Waals surface area contributed by atoms with Crippen LogP contribution in [0.2, 0.25) is 0 Å². The van der Waals surface area contributed by atoms with Gasteiger partial charge in [-0.05, 0) is 61.8 Å². The fourth-order valence-electron chi connectivity index (χ4n) is 5.42. The van der Waals surface area contributed by atoms with Crippen molar-refractivity contribution >= 4 is 5.91 Å². The molecule has 1 amide bonds. The summed E-state index contributed by atoms with van der Waals surface area (Å²) in [6.45, 7) is 2.55. The molecule has 3 saturated carbocycles. The monoisotopic (exact) mass is 315 g/mol. The lowest BCUT2D eigenvalue weighted by molar-refractivity contribution is 0.0893. The summed E-state index contributed by atoms with van der Waals surface area (Å²) in [6, 6.07) is 3.31. The van der Waals surface area contributed by atoms with Crippen molar-refractivity contribution in [3.05, 3.63) is 28.2 Å². The number of nitrogens with zero attached hydrogens (tertiary/aromatic N) is 2. The van der Waals surface area contributed by atoms with E-state index in [4.69, 9.17) is 0 Å². The van der Waals surface area contributed by atoms with Crippen molar-refractivity contribution in [2.24, 2.45) is 23.7 Å². The number of hydrogen-bond acceptors (Lipinski definition) is 3. The molecule has 0 saturated heterocycles. The molecule has 1 N–H and O–H groups in total. The fraction of sp³-hybridized carbons (Fsp3) is 0.722. The average molecular weight is 315 g/mol. The summed E-state index contributed by atoms with van der Waals surface area (Å²) >= 11 is 0. The van der Waals surface area contributed by atoms with E-state index in [0.717, 1.165) is 30.6 Å². The van der Waals surface area contributed by atoms with Crippen LogP contribution in [0.25, 0.3) is 0 Å². The Morgan fingerprint density at radius 3 is 2.91 bits per heavy atom. The van der Waals surface area contributed by atoms with Gasteiger partial charge in [-0.2, -0.15) is 5.10 Å². The number of rotatable bonds is 4. The lowest BCUT2D eigenvalue weighted by Gasteiger charge is -2.32. The van der Waals surface area contributed by atoms with Gasteiger partial charge >= 0.3 is 0 Å². The van der Waals surface area contributed by atoms with Gasteiger partial charge in [0.2, 0.25) is 0 Å². The summed E-state index contributed by atoms with van der Waals surface area (Å²) < 4.78 is 1.39. The number of hydrogen-bond donors (Lipinski definition) is 1. The predicted molar refractivity (Wildman–Crippen MR) is 87.1 cm³/mol. The molecule has 1 aromatic heterocycles. The van der Waals surface area contributed by atoms with Crippen LogP contribution in [-0.4, -0.2) is 21.7 Å². The highest BCUT2D eigenvalue weighted by Gasteiger charge is 2.54. The fourth-order valence-corrected chi connectivity index (χ4v) is 5.42. The lowest BCUT2D eigenvalue weighted by atomic mass is 9.79. The SMILES string of the molecule is CCCn1nc(C(=O)NC2CC3CC2C2CCCC32)ccc1=O. The molecule has 5 nitrogen and oxygen atoms in total. The van der Waals surface area contributed by atoms with Crippen molar-refractivity contribution in [2.45, 2.75) is 58.0 Å². The Hall–Kier alpha value is -1.65. The number of aromatic nitrogens is 2. The van der Waals surface area contributed by atoms with Gasteiger partial charge in [-0.3, -0.25) is 9.59 Å². The van der Waals surface area contributed by atoms with Gasteiger partial charge in [0.25, 0.3) is 11.5 Å². The van der Waals surface area contributed by atoms with Gasteiger partial charge in [-0.1, -0.05) is 13.3 Å². The molecule has 0 aromatic carbocycles. The molecule has 3 aliphatic rings. The molecule has 5 heteroatoms. The highest BCUT2D eigenvalue weighted by molar-refractivity contribution is 5.92. The second-order valence-corrected chi connectivity index (χ2v) is 7.51. The van der Waals surface area contributed by atoms with Gasteiger partial charge in [-0.25, -0.2) is 4.68 Å². The van der Waals surface area contributed by atoms with Gasteiger partial charge in [-0.15, -0.1) is 0 Å². The summed E-state index contributed by atoms with van der Waals surface area (Å²) in [6.07, 6.45) is 7.36. The van der Waals surface area contributed by atoms with Gasteiger partial charge in [0, 0.05) is 18.7 Å². The Bertz CT molecular complexity index is 668. The molecule has 1 heterocycles. The molecular formula is C18H25N3O2. The molecule has 0 radical (unpaired) electrons. The molecule has 23 heavy (non-hydrogen) atoms.